The summed E-state index contributed by atoms with van der Waals surface area (Å²) < 4.78 is 0. The van der Waals surface area contributed by atoms with Gasteiger partial charge in [-0.3, -0.25) is 9.78 Å². The lowest BCUT2D eigenvalue weighted by molar-refractivity contribution is -0.133. The molecule has 1 N–H and O–H groups in total. The zero-order valence-corrected chi connectivity index (χ0v) is 14.9. The van der Waals surface area contributed by atoms with Crippen molar-refractivity contribution in [1.82, 2.24) is 19.9 Å². The van der Waals surface area contributed by atoms with E-state index in [0.717, 1.165) is 36.8 Å². The number of carbonyl (C=O) groups excluding carboxylic acids is 1. The molecule has 0 bridgehead atoms. The smallest absolute Gasteiger partial charge is 0.222 e. The van der Waals surface area contributed by atoms with Crippen LogP contribution in [0.4, 0.5) is 10.9 Å². The molecule has 1 fully saturated rings. The van der Waals surface area contributed by atoms with Gasteiger partial charge in [0.15, 0.2) is 10.9 Å². The van der Waals surface area contributed by atoms with Gasteiger partial charge in [-0.25, -0.2) is 9.97 Å². The van der Waals surface area contributed by atoms with E-state index < -0.39 is 0 Å². The second-order valence-electron chi connectivity index (χ2n) is 6.57. The van der Waals surface area contributed by atoms with Crippen LogP contribution >= 0.6 is 11.3 Å². The molecule has 1 saturated heterocycles. The summed E-state index contributed by atoms with van der Waals surface area (Å²) in [7, 11) is 0. The third-order valence-electron chi connectivity index (χ3n) is 4.11. The average molecular weight is 345 g/mol. The first-order valence-corrected chi connectivity index (χ1v) is 9.26. The lowest BCUT2D eigenvalue weighted by atomic mass is 9.94. The first-order valence-electron chi connectivity index (χ1n) is 8.38. The van der Waals surface area contributed by atoms with E-state index in [1.54, 1.807) is 12.4 Å². The average Bonchev–Trinajstić information content (AvgIpc) is 3.08. The highest BCUT2D eigenvalue weighted by Crippen LogP contribution is 2.26. The molecular weight excluding hydrogens is 322 g/mol. The summed E-state index contributed by atoms with van der Waals surface area (Å²) >= 11 is 1.52. The van der Waals surface area contributed by atoms with E-state index >= 15 is 0 Å². The number of thiazole rings is 1. The molecule has 24 heavy (non-hydrogen) atoms. The lowest BCUT2D eigenvalue weighted by Gasteiger charge is -2.33. The van der Waals surface area contributed by atoms with Crippen molar-refractivity contribution in [2.45, 2.75) is 39.0 Å². The normalized spacial score (nSPS) is 18.0. The Morgan fingerprint density at radius 3 is 2.92 bits per heavy atom. The predicted molar refractivity (Wildman–Crippen MR) is 95.4 cm³/mol. The van der Waals surface area contributed by atoms with Gasteiger partial charge in [-0.15, -0.1) is 11.3 Å². The Balaban J connectivity index is 1.62. The number of amides is 1. The van der Waals surface area contributed by atoms with Crippen LogP contribution in [0.5, 0.6) is 0 Å². The van der Waals surface area contributed by atoms with E-state index in [0.29, 0.717) is 18.2 Å². The highest BCUT2D eigenvalue weighted by molar-refractivity contribution is 7.13. The third kappa shape index (κ3) is 4.29. The summed E-state index contributed by atoms with van der Waals surface area (Å²) in [5.41, 5.74) is 0.960. The fourth-order valence-corrected chi connectivity index (χ4v) is 3.47. The molecule has 6 nitrogen and oxygen atoms in total. The zero-order valence-electron chi connectivity index (χ0n) is 14.1. The molecule has 1 amide bonds. The predicted octanol–water partition coefficient (Wildman–Crippen LogP) is 3.43. The minimum absolute atomic E-state index is 0.254. The van der Waals surface area contributed by atoms with Gasteiger partial charge in [0, 0.05) is 37.0 Å². The summed E-state index contributed by atoms with van der Waals surface area (Å²) in [5.74, 6) is 1.62. The molecule has 2 aromatic rings. The second kappa shape index (κ2) is 7.70. The van der Waals surface area contributed by atoms with Gasteiger partial charge in [-0.2, -0.15) is 0 Å². The van der Waals surface area contributed by atoms with Gasteiger partial charge in [0.05, 0.1) is 18.1 Å². The first-order chi connectivity index (χ1) is 11.6. The third-order valence-corrected chi connectivity index (χ3v) is 4.80. The standard InChI is InChI=1S/C17H23N5OS/c1-12(2)8-16(23)22-6-3-4-13(11-22)14-9-20-15(10-19-14)21-17-18-5-7-24-17/h5,7,9-10,12-13H,3-4,6,8,11H2,1-2H3,(H,18,20,21)/t13-/m0/s1. The Kier molecular flexibility index (Phi) is 5.40. The molecule has 0 spiro atoms. The number of carbonyl (C=O) groups is 1. The molecule has 3 heterocycles. The van der Waals surface area contributed by atoms with Crippen molar-refractivity contribution in [3.05, 3.63) is 29.7 Å². The Bertz CT molecular complexity index is 656. The Morgan fingerprint density at radius 1 is 1.38 bits per heavy atom. The number of hydrogen-bond acceptors (Lipinski definition) is 6. The van der Waals surface area contributed by atoms with E-state index in [1.165, 1.54) is 11.3 Å². The number of nitrogens with zero attached hydrogens (tertiary/aromatic N) is 4. The fourth-order valence-electron chi connectivity index (χ4n) is 2.93. The Labute approximate surface area is 146 Å². The largest absolute Gasteiger partial charge is 0.342 e. The lowest BCUT2D eigenvalue weighted by Crippen LogP contribution is -2.39. The summed E-state index contributed by atoms with van der Waals surface area (Å²) in [4.78, 5) is 27.4. The molecule has 0 radical (unpaired) electrons. The van der Waals surface area contributed by atoms with Crippen molar-refractivity contribution in [2.24, 2.45) is 5.92 Å². The molecule has 2 aromatic heterocycles. The number of aromatic nitrogens is 3. The van der Waals surface area contributed by atoms with Gasteiger partial charge in [0.2, 0.25) is 5.91 Å². The highest BCUT2D eigenvalue weighted by atomic mass is 32.1. The van der Waals surface area contributed by atoms with Gasteiger partial charge in [0.25, 0.3) is 0 Å². The van der Waals surface area contributed by atoms with E-state index in [2.05, 4.69) is 34.1 Å². The zero-order chi connectivity index (χ0) is 16.9. The van der Waals surface area contributed by atoms with Crippen molar-refractivity contribution < 1.29 is 4.79 Å². The van der Waals surface area contributed by atoms with Gasteiger partial charge >= 0.3 is 0 Å². The van der Waals surface area contributed by atoms with Crippen LogP contribution in [0.3, 0.4) is 0 Å². The van der Waals surface area contributed by atoms with Crippen molar-refractivity contribution in [3.63, 3.8) is 0 Å². The molecular formula is C17H23N5OS. The van der Waals surface area contributed by atoms with Crippen LogP contribution in [0, 0.1) is 5.92 Å². The van der Waals surface area contributed by atoms with E-state index in [-0.39, 0.29) is 11.8 Å². The molecule has 0 aliphatic carbocycles. The number of likely N-dealkylation sites (tertiary alicyclic amines) is 1. The monoisotopic (exact) mass is 345 g/mol. The highest BCUT2D eigenvalue weighted by Gasteiger charge is 2.26. The summed E-state index contributed by atoms with van der Waals surface area (Å²) in [6, 6.07) is 0. The summed E-state index contributed by atoms with van der Waals surface area (Å²) in [5, 5.41) is 5.85. The fraction of sp³-hybridized carbons (Fsp3) is 0.529. The number of nitrogens with one attached hydrogen (secondary N) is 1. The molecule has 0 unspecified atom stereocenters. The quantitative estimate of drug-likeness (QED) is 0.899. The SMILES string of the molecule is CC(C)CC(=O)N1CCC[C@H](c2cnc(Nc3nccs3)cn2)C1. The Hall–Kier alpha value is -2.02. The number of piperidine rings is 1. The minimum atomic E-state index is 0.254. The van der Waals surface area contributed by atoms with Crippen LogP contribution in [0.15, 0.2) is 24.0 Å². The van der Waals surface area contributed by atoms with Crippen LogP contribution in [0.2, 0.25) is 0 Å². The maximum Gasteiger partial charge on any atom is 0.222 e. The molecule has 3 rings (SSSR count). The molecule has 1 aliphatic rings. The maximum atomic E-state index is 12.3. The van der Waals surface area contributed by atoms with Crippen molar-refractivity contribution in [1.29, 1.82) is 0 Å². The van der Waals surface area contributed by atoms with Crippen molar-refractivity contribution in [3.8, 4) is 0 Å². The minimum Gasteiger partial charge on any atom is -0.342 e. The van der Waals surface area contributed by atoms with Crippen LogP contribution in [-0.4, -0.2) is 38.8 Å². The molecule has 1 atom stereocenters. The topological polar surface area (TPSA) is 71.0 Å². The number of rotatable bonds is 5. The van der Waals surface area contributed by atoms with E-state index in [9.17, 15) is 4.79 Å². The molecule has 0 saturated carbocycles. The molecule has 0 aromatic carbocycles. The second-order valence-corrected chi connectivity index (χ2v) is 7.46. The number of anilines is 2. The van der Waals surface area contributed by atoms with Gasteiger partial charge in [0.1, 0.15) is 0 Å². The van der Waals surface area contributed by atoms with Crippen LogP contribution in [0.1, 0.15) is 44.7 Å². The van der Waals surface area contributed by atoms with Crippen molar-refractivity contribution in [2.75, 3.05) is 18.4 Å². The van der Waals surface area contributed by atoms with Crippen LogP contribution < -0.4 is 5.32 Å². The van der Waals surface area contributed by atoms with Gasteiger partial charge in [-0.05, 0) is 18.8 Å². The van der Waals surface area contributed by atoms with E-state index in [1.807, 2.05) is 16.5 Å². The van der Waals surface area contributed by atoms with Gasteiger partial charge < -0.3 is 10.2 Å². The summed E-state index contributed by atoms with van der Waals surface area (Å²) in [6.07, 6.45) is 8.01. The molecule has 128 valence electrons. The molecule has 1 aliphatic heterocycles. The van der Waals surface area contributed by atoms with Crippen LogP contribution in [0.25, 0.3) is 0 Å². The van der Waals surface area contributed by atoms with E-state index in [4.69, 9.17) is 0 Å². The maximum absolute atomic E-state index is 12.3. The summed E-state index contributed by atoms with van der Waals surface area (Å²) in [6.45, 7) is 5.77. The number of hydrogen-bond donors (Lipinski definition) is 1. The Morgan fingerprint density at radius 2 is 2.25 bits per heavy atom. The van der Waals surface area contributed by atoms with Crippen LogP contribution in [-0.2, 0) is 4.79 Å². The van der Waals surface area contributed by atoms with Crippen molar-refractivity contribution >= 4 is 28.2 Å². The van der Waals surface area contributed by atoms with Gasteiger partial charge in [-0.1, -0.05) is 13.8 Å². The molecule has 7 heteroatoms. The first kappa shape index (κ1) is 16.8.